The van der Waals surface area contributed by atoms with Gasteiger partial charge in [-0.2, -0.15) is 0 Å². The average molecular weight is 711 g/mol. The molecule has 0 spiro atoms. The van der Waals surface area contributed by atoms with E-state index < -0.39 is 54.4 Å². The van der Waals surface area contributed by atoms with E-state index in [4.69, 9.17) is 9.84 Å². The summed E-state index contributed by atoms with van der Waals surface area (Å²) >= 11 is 0. The lowest BCUT2D eigenvalue weighted by Gasteiger charge is -2.28. The van der Waals surface area contributed by atoms with Crippen LogP contribution < -0.4 is 26.0 Å². The Hall–Kier alpha value is -5.02. The van der Waals surface area contributed by atoms with Gasteiger partial charge in [0, 0.05) is 27.1 Å². The number of hydrogen-bond donors (Lipinski definition) is 6. The molecule has 6 amide bonds. The van der Waals surface area contributed by atoms with Gasteiger partial charge in [-0.1, -0.05) is 55.8 Å². The molecule has 1 fully saturated rings. The SMILES string of the molecule is CCCC(NC(=O)C1CCCN1C(=O)CNC(=O)CCc1cccc(OCCO)c1)C(O)C(=O)NCC(=O)NC(C(=O)N(C)C)c1ccccc1. The molecule has 1 saturated heterocycles. The normalized spacial score (nSPS) is 15.5. The smallest absolute Gasteiger partial charge is 0.251 e. The maximum Gasteiger partial charge on any atom is 0.251 e. The van der Waals surface area contributed by atoms with Gasteiger partial charge in [-0.25, -0.2) is 0 Å². The summed E-state index contributed by atoms with van der Waals surface area (Å²) in [6, 6.07) is 13.0. The summed E-state index contributed by atoms with van der Waals surface area (Å²) in [4.78, 5) is 80.0. The third-order valence-corrected chi connectivity index (χ3v) is 8.34. The number of aryl methyl sites for hydroxylation is 1. The van der Waals surface area contributed by atoms with Crippen molar-refractivity contribution in [2.24, 2.45) is 0 Å². The van der Waals surface area contributed by atoms with Crippen LogP contribution in [0, 0.1) is 0 Å². The number of carbonyl (C=O) groups is 6. The first-order valence-electron chi connectivity index (χ1n) is 17.2. The summed E-state index contributed by atoms with van der Waals surface area (Å²) in [6.45, 7) is 1.37. The Kier molecular flexibility index (Phi) is 16.3. The van der Waals surface area contributed by atoms with Crippen LogP contribution in [0.2, 0.25) is 0 Å². The maximum atomic E-state index is 13.3. The fraction of sp³-hybridized carbons (Fsp3) is 0.500. The van der Waals surface area contributed by atoms with Gasteiger partial charge in [0.25, 0.3) is 5.91 Å². The van der Waals surface area contributed by atoms with Gasteiger partial charge >= 0.3 is 0 Å². The molecule has 6 N–H and O–H groups in total. The van der Waals surface area contributed by atoms with E-state index in [1.165, 1.54) is 9.80 Å². The minimum atomic E-state index is -1.69. The van der Waals surface area contributed by atoms with Crippen molar-refractivity contribution in [1.29, 1.82) is 0 Å². The van der Waals surface area contributed by atoms with E-state index in [-0.39, 0.29) is 44.4 Å². The summed E-state index contributed by atoms with van der Waals surface area (Å²) in [6.07, 6.45) is 0.534. The van der Waals surface area contributed by atoms with Crippen LogP contribution in [0.1, 0.15) is 56.2 Å². The molecule has 0 radical (unpaired) electrons. The molecule has 0 aromatic heterocycles. The van der Waals surface area contributed by atoms with Gasteiger partial charge in [-0.15, -0.1) is 0 Å². The Morgan fingerprint density at radius 1 is 0.961 bits per heavy atom. The quantitative estimate of drug-likeness (QED) is 0.114. The van der Waals surface area contributed by atoms with Gasteiger partial charge in [-0.3, -0.25) is 28.8 Å². The van der Waals surface area contributed by atoms with Crippen LogP contribution >= 0.6 is 0 Å². The molecule has 4 unspecified atom stereocenters. The van der Waals surface area contributed by atoms with Gasteiger partial charge in [0.15, 0.2) is 6.10 Å². The lowest BCUT2D eigenvalue weighted by atomic mass is 10.0. The van der Waals surface area contributed by atoms with Crippen molar-refractivity contribution < 1.29 is 43.7 Å². The first kappa shape index (κ1) is 40.4. The number of nitrogens with zero attached hydrogens (tertiary/aromatic N) is 2. The fourth-order valence-corrected chi connectivity index (χ4v) is 5.67. The molecule has 15 nitrogen and oxygen atoms in total. The van der Waals surface area contributed by atoms with Crippen molar-refractivity contribution in [3.63, 3.8) is 0 Å². The molecule has 2 aromatic rings. The minimum absolute atomic E-state index is 0.111. The van der Waals surface area contributed by atoms with E-state index in [9.17, 15) is 33.9 Å². The standard InChI is InChI=1S/C36H50N6O9/c1-4-10-27(33(47)35(49)38-22-30(45)40-32(36(50)41(2)3)25-12-6-5-7-13-25)39-34(48)28-15-9-18-42(28)31(46)23-37-29(44)17-16-24-11-8-14-26(21-24)51-20-19-43/h5-8,11-14,21,27-28,32-33,43,47H,4,9-10,15-20,22-23H2,1-3H3,(H,37,44)(H,38,49)(H,39,48)(H,40,45). The molecule has 1 heterocycles. The molecular formula is C36H50N6O9. The molecular weight excluding hydrogens is 660 g/mol. The highest BCUT2D eigenvalue weighted by Crippen LogP contribution is 2.19. The zero-order valence-electron chi connectivity index (χ0n) is 29.4. The number of hydrogen-bond acceptors (Lipinski definition) is 9. The van der Waals surface area contributed by atoms with Gasteiger partial charge in [0.05, 0.1) is 25.7 Å². The van der Waals surface area contributed by atoms with Crippen molar-refractivity contribution in [2.75, 3.05) is 46.9 Å². The minimum Gasteiger partial charge on any atom is -0.491 e. The second kappa shape index (κ2) is 20.6. The topological polar surface area (TPSA) is 207 Å². The number of rotatable bonds is 19. The number of likely N-dealkylation sites (N-methyl/N-ethyl adjacent to an activating group) is 1. The summed E-state index contributed by atoms with van der Waals surface area (Å²) in [7, 11) is 3.12. The number of aliphatic hydroxyl groups excluding tert-OH is 2. The highest BCUT2D eigenvalue weighted by atomic mass is 16.5. The van der Waals surface area contributed by atoms with Crippen molar-refractivity contribution in [3.8, 4) is 5.75 Å². The van der Waals surface area contributed by atoms with Gasteiger partial charge in [0.2, 0.25) is 29.5 Å². The monoisotopic (exact) mass is 710 g/mol. The Morgan fingerprint density at radius 2 is 1.71 bits per heavy atom. The average Bonchev–Trinajstić information content (AvgIpc) is 3.63. The Bertz CT molecular complexity index is 1490. The number of benzene rings is 2. The van der Waals surface area contributed by atoms with Gasteiger partial charge in [0.1, 0.15) is 24.4 Å². The van der Waals surface area contributed by atoms with Crippen LogP contribution in [0.4, 0.5) is 0 Å². The highest BCUT2D eigenvalue weighted by Gasteiger charge is 2.37. The molecule has 1 aliphatic rings. The second-order valence-electron chi connectivity index (χ2n) is 12.5. The molecule has 0 saturated carbocycles. The van der Waals surface area contributed by atoms with Gasteiger partial charge < -0.3 is 46.0 Å². The molecule has 278 valence electrons. The summed E-state index contributed by atoms with van der Waals surface area (Å²) in [5.41, 5.74) is 1.42. The number of likely N-dealkylation sites (tertiary alicyclic amines) is 1. The fourth-order valence-electron chi connectivity index (χ4n) is 5.67. The summed E-state index contributed by atoms with van der Waals surface area (Å²) in [5.74, 6) is -2.62. The lowest BCUT2D eigenvalue weighted by Crippen LogP contribution is -2.56. The molecule has 3 rings (SSSR count). The molecule has 15 heteroatoms. The molecule has 2 aromatic carbocycles. The zero-order valence-corrected chi connectivity index (χ0v) is 29.4. The third kappa shape index (κ3) is 12.7. The van der Waals surface area contributed by atoms with Crippen LogP contribution in [0.3, 0.4) is 0 Å². The highest BCUT2D eigenvalue weighted by molar-refractivity contribution is 5.93. The molecule has 4 atom stereocenters. The van der Waals surface area contributed by atoms with Gasteiger partial charge in [-0.05, 0) is 48.9 Å². The second-order valence-corrected chi connectivity index (χ2v) is 12.5. The van der Waals surface area contributed by atoms with Crippen LogP contribution in [0.5, 0.6) is 5.75 Å². The number of carbonyl (C=O) groups excluding carboxylic acids is 6. The molecule has 0 bridgehead atoms. The van der Waals surface area contributed by atoms with E-state index in [0.29, 0.717) is 43.5 Å². The molecule has 51 heavy (non-hydrogen) atoms. The van der Waals surface area contributed by atoms with Crippen molar-refractivity contribution >= 4 is 35.4 Å². The van der Waals surface area contributed by atoms with E-state index >= 15 is 0 Å². The largest absolute Gasteiger partial charge is 0.491 e. The third-order valence-electron chi connectivity index (χ3n) is 8.34. The molecule has 0 aliphatic carbocycles. The summed E-state index contributed by atoms with van der Waals surface area (Å²) in [5, 5.41) is 30.1. The Balaban J connectivity index is 1.50. The number of amides is 6. The van der Waals surface area contributed by atoms with Crippen LogP contribution in [-0.4, -0.2) is 121 Å². The first-order chi connectivity index (χ1) is 24.4. The lowest BCUT2D eigenvalue weighted by molar-refractivity contribution is -0.140. The van der Waals surface area contributed by atoms with E-state index in [2.05, 4.69) is 21.3 Å². The predicted molar refractivity (Wildman–Crippen MR) is 187 cm³/mol. The van der Waals surface area contributed by atoms with Crippen LogP contribution in [0.15, 0.2) is 54.6 Å². The maximum absolute atomic E-state index is 13.3. The van der Waals surface area contributed by atoms with Crippen molar-refractivity contribution in [2.45, 2.75) is 69.7 Å². The Labute approximate surface area is 298 Å². The number of nitrogens with one attached hydrogen (secondary N) is 4. The van der Waals surface area contributed by atoms with E-state index in [1.807, 2.05) is 13.0 Å². The summed E-state index contributed by atoms with van der Waals surface area (Å²) < 4.78 is 5.39. The number of ether oxygens (including phenoxy) is 1. The van der Waals surface area contributed by atoms with E-state index in [0.717, 1.165) is 5.56 Å². The molecule has 1 aliphatic heterocycles. The van der Waals surface area contributed by atoms with Crippen LogP contribution in [-0.2, 0) is 35.2 Å². The number of aliphatic hydroxyl groups is 2. The van der Waals surface area contributed by atoms with Crippen molar-refractivity contribution in [3.05, 3.63) is 65.7 Å². The van der Waals surface area contributed by atoms with E-state index in [1.54, 1.807) is 62.6 Å². The predicted octanol–water partition coefficient (Wildman–Crippen LogP) is -0.195. The van der Waals surface area contributed by atoms with Crippen LogP contribution in [0.25, 0.3) is 0 Å². The van der Waals surface area contributed by atoms with Crippen molar-refractivity contribution in [1.82, 2.24) is 31.1 Å². The zero-order chi connectivity index (χ0) is 37.3. The first-order valence-corrected chi connectivity index (χ1v) is 17.2. The Morgan fingerprint density at radius 3 is 2.39 bits per heavy atom.